The molecule has 17 heavy (non-hydrogen) atoms. The van der Waals surface area contributed by atoms with E-state index in [1.807, 2.05) is 18.3 Å². The maximum Gasteiger partial charge on any atom is 0.0416 e. The highest BCUT2D eigenvalue weighted by atomic mass is 15.1. The number of hydrogen-bond donors (Lipinski definition) is 1. The number of nitrogens with two attached hydrogens (primary N) is 1. The van der Waals surface area contributed by atoms with Gasteiger partial charge in [-0.3, -0.25) is 4.98 Å². The maximum absolute atomic E-state index is 5.78. The topological polar surface area (TPSA) is 42.2 Å². The normalized spacial score (nSPS) is 12.1. The van der Waals surface area contributed by atoms with Gasteiger partial charge in [0.05, 0.1) is 0 Å². The smallest absolute Gasteiger partial charge is 0.0416 e. The fourth-order valence-electron chi connectivity index (χ4n) is 1.84. The summed E-state index contributed by atoms with van der Waals surface area (Å²) in [5.74, 6) is 0. The Labute approximate surface area is 105 Å². The second-order valence-electron chi connectivity index (χ2n) is 5.31. The van der Waals surface area contributed by atoms with Gasteiger partial charge in [0.2, 0.25) is 0 Å². The van der Waals surface area contributed by atoms with Crippen LogP contribution in [-0.4, -0.2) is 36.1 Å². The van der Waals surface area contributed by atoms with E-state index in [9.17, 15) is 0 Å². The van der Waals surface area contributed by atoms with Crippen LogP contribution in [0.1, 0.15) is 26.5 Å². The summed E-state index contributed by atoms with van der Waals surface area (Å²) in [6.07, 6.45) is 2.87. The lowest BCUT2D eigenvalue weighted by atomic mass is 9.93. The third-order valence-corrected chi connectivity index (χ3v) is 3.06. The third-order valence-electron chi connectivity index (χ3n) is 3.06. The monoisotopic (exact) mass is 235 g/mol. The summed E-state index contributed by atoms with van der Waals surface area (Å²) in [4.78, 5) is 6.80. The van der Waals surface area contributed by atoms with Gasteiger partial charge in [-0.05, 0) is 30.6 Å². The Morgan fingerprint density at radius 3 is 2.65 bits per heavy atom. The van der Waals surface area contributed by atoms with Gasteiger partial charge in [0, 0.05) is 31.4 Å². The van der Waals surface area contributed by atoms with Crippen molar-refractivity contribution < 1.29 is 0 Å². The highest BCUT2D eigenvalue weighted by molar-refractivity contribution is 5.03. The van der Waals surface area contributed by atoms with Crippen molar-refractivity contribution >= 4 is 0 Å². The number of likely N-dealkylation sites (N-methyl/N-ethyl adjacent to an activating group) is 1. The van der Waals surface area contributed by atoms with Gasteiger partial charge in [-0.25, -0.2) is 0 Å². The molecule has 0 aliphatic carbocycles. The van der Waals surface area contributed by atoms with Gasteiger partial charge < -0.3 is 10.6 Å². The van der Waals surface area contributed by atoms with Crippen molar-refractivity contribution in [1.82, 2.24) is 9.88 Å². The summed E-state index contributed by atoms with van der Waals surface area (Å²) in [5, 5.41) is 0. The molecule has 1 rings (SSSR count). The van der Waals surface area contributed by atoms with E-state index < -0.39 is 0 Å². The van der Waals surface area contributed by atoms with Crippen molar-refractivity contribution in [3.8, 4) is 0 Å². The first-order chi connectivity index (χ1) is 8.07. The van der Waals surface area contributed by atoms with Crippen LogP contribution in [0.2, 0.25) is 0 Å². The van der Waals surface area contributed by atoms with Crippen LogP contribution in [0.25, 0.3) is 0 Å². The summed E-state index contributed by atoms with van der Waals surface area (Å²) in [7, 11) is 0. The predicted molar refractivity (Wildman–Crippen MR) is 72.9 cm³/mol. The summed E-state index contributed by atoms with van der Waals surface area (Å²) < 4.78 is 0. The van der Waals surface area contributed by atoms with Crippen molar-refractivity contribution in [2.75, 3.05) is 26.2 Å². The van der Waals surface area contributed by atoms with Crippen LogP contribution >= 0.6 is 0 Å². The summed E-state index contributed by atoms with van der Waals surface area (Å²) in [5.41, 5.74) is 7.14. The molecule has 2 N–H and O–H groups in total. The van der Waals surface area contributed by atoms with Gasteiger partial charge in [-0.15, -0.1) is 0 Å². The molecule has 1 aromatic heterocycles. The molecule has 0 spiro atoms. The largest absolute Gasteiger partial charge is 0.330 e. The summed E-state index contributed by atoms with van der Waals surface area (Å²) in [6, 6.07) is 6.09. The molecule has 0 fully saturated rings. The average Bonchev–Trinajstić information content (AvgIpc) is 2.35. The zero-order valence-corrected chi connectivity index (χ0v) is 11.3. The molecule has 0 aliphatic heterocycles. The molecule has 0 saturated carbocycles. The Morgan fingerprint density at radius 2 is 2.12 bits per heavy atom. The second-order valence-corrected chi connectivity index (χ2v) is 5.31. The fraction of sp³-hybridized carbons (Fsp3) is 0.643. The lowest BCUT2D eigenvalue weighted by molar-refractivity contribution is 0.191. The molecule has 0 amide bonds. The first kappa shape index (κ1) is 14.1. The van der Waals surface area contributed by atoms with E-state index in [0.717, 1.165) is 38.3 Å². The highest BCUT2D eigenvalue weighted by Crippen LogP contribution is 2.14. The Bertz CT molecular complexity index is 309. The van der Waals surface area contributed by atoms with Crippen molar-refractivity contribution in [1.29, 1.82) is 0 Å². The van der Waals surface area contributed by atoms with Crippen LogP contribution in [0, 0.1) is 5.41 Å². The predicted octanol–water partition coefficient (Wildman–Crippen LogP) is 1.93. The van der Waals surface area contributed by atoms with Crippen molar-refractivity contribution in [3.05, 3.63) is 30.1 Å². The SMILES string of the molecule is CCN(CCc1ccccn1)CC(C)(C)CN. The van der Waals surface area contributed by atoms with Crippen LogP contribution in [0.15, 0.2) is 24.4 Å². The van der Waals surface area contributed by atoms with E-state index >= 15 is 0 Å². The number of aromatic nitrogens is 1. The number of hydrogen-bond acceptors (Lipinski definition) is 3. The zero-order chi connectivity index (χ0) is 12.7. The number of pyridine rings is 1. The van der Waals surface area contributed by atoms with E-state index in [1.54, 1.807) is 0 Å². The van der Waals surface area contributed by atoms with Crippen LogP contribution in [0.5, 0.6) is 0 Å². The molecule has 1 heterocycles. The summed E-state index contributed by atoms with van der Waals surface area (Å²) >= 11 is 0. The molecule has 3 heteroatoms. The Kier molecular flexibility index (Phi) is 5.59. The molecule has 0 aromatic carbocycles. The minimum atomic E-state index is 0.195. The first-order valence-electron chi connectivity index (χ1n) is 6.40. The lowest BCUT2D eigenvalue weighted by Gasteiger charge is -2.30. The van der Waals surface area contributed by atoms with E-state index in [4.69, 9.17) is 5.73 Å². The van der Waals surface area contributed by atoms with Gasteiger partial charge in [0.15, 0.2) is 0 Å². The van der Waals surface area contributed by atoms with Crippen LogP contribution < -0.4 is 5.73 Å². The van der Waals surface area contributed by atoms with E-state index in [2.05, 4.69) is 36.7 Å². The zero-order valence-electron chi connectivity index (χ0n) is 11.3. The third kappa shape index (κ3) is 5.29. The molecule has 0 aliphatic rings. The van der Waals surface area contributed by atoms with Gasteiger partial charge in [0.1, 0.15) is 0 Å². The molecule has 0 radical (unpaired) electrons. The van der Waals surface area contributed by atoms with Gasteiger partial charge in [-0.1, -0.05) is 26.8 Å². The maximum atomic E-state index is 5.78. The fourth-order valence-corrected chi connectivity index (χ4v) is 1.84. The number of rotatable bonds is 7. The van der Waals surface area contributed by atoms with Gasteiger partial charge in [-0.2, -0.15) is 0 Å². The minimum absolute atomic E-state index is 0.195. The second kappa shape index (κ2) is 6.72. The molecule has 0 saturated heterocycles. The molecular weight excluding hydrogens is 210 g/mol. The Hall–Kier alpha value is -0.930. The molecule has 0 atom stereocenters. The Morgan fingerprint density at radius 1 is 1.35 bits per heavy atom. The molecule has 0 bridgehead atoms. The average molecular weight is 235 g/mol. The van der Waals surface area contributed by atoms with Gasteiger partial charge >= 0.3 is 0 Å². The first-order valence-corrected chi connectivity index (χ1v) is 6.40. The molecule has 3 nitrogen and oxygen atoms in total. The minimum Gasteiger partial charge on any atom is -0.330 e. The van der Waals surface area contributed by atoms with E-state index in [1.165, 1.54) is 0 Å². The Balaban J connectivity index is 2.43. The standard InChI is InChI=1S/C14H25N3/c1-4-17(12-14(2,3)11-15)10-8-13-7-5-6-9-16-13/h5-7,9H,4,8,10-12,15H2,1-3H3. The van der Waals surface area contributed by atoms with Crippen molar-refractivity contribution in [2.45, 2.75) is 27.2 Å². The van der Waals surface area contributed by atoms with Crippen LogP contribution in [0.3, 0.4) is 0 Å². The molecule has 96 valence electrons. The van der Waals surface area contributed by atoms with Crippen LogP contribution in [0.4, 0.5) is 0 Å². The molecule has 1 aromatic rings. The highest BCUT2D eigenvalue weighted by Gasteiger charge is 2.19. The number of nitrogens with zero attached hydrogens (tertiary/aromatic N) is 2. The molecule has 0 unspecified atom stereocenters. The van der Waals surface area contributed by atoms with Crippen molar-refractivity contribution in [2.24, 2.45) is 11.1 Å². The quantitative estimate of drug-likeness (QED) is 0.785. The molecular formula is C14H25N3. The van der Waals surface area contributed by atoms with E-state index in [-0.39, 0.29) is 5.41 Å². The van der Waals surface area contributed by atoms with E-state index in [0.29, 0.717) is 0 Å². The van der Waals surface area contributed by atoms with Crippen molar-refractivity contribution in [3.63, 3.8) is 0 Å². The van der Waals surface area contributed by atoms with Crippen LogP contribution in [-0.2, 0) is 6.42 Å². The lowest BCUT2D eigenvalue weighted by Crippen LogP contribution is -2.39. The summed E-state index contributed by atoms with van der Waals surface area (Å²) in [6.45, 7) is 10.5. The van der Waals surface area contributed by atoms with Gasteiger partial charge in [0.25, 0.3) is 0 Å².